The zero-order valence-corrected chi connectivity index (χ0v) is 22.6. The van der Waals surface area contributed by atoms with Gasteiger partial charge in [-0.3, -0.25) is 0 Å². The summed E-state index contributed by atoms with van der Waals surface area (Å²) in [7, 11) is 0. The predicted octanol–water partition coefficient (Wildman–Crippen LogP) is 7.37. The van der Waals surface area contributed by atoms with E-state index < -0.39 is 0 Å². The summed E-state index contributed by atoms with van der Waals surface area (Å²) >= 11 is 0. The molecule has 1 aliphatic rings. The molecule has 4 aromatic rings. The number of hydrogen-bond acceptors (Lipinski definition) is 4. The van der Waals surface area contributed by atoms with Crippen LogP contribution < -0.4 is 0 Å². The number of ether oxygens (including phenoxy) is 4. The first kappa shape index (κ1) is 27.3. The Morgan fingerprint density at radius 2 is 0.769 bits per heavy atom. The molecule has 0 radical (unpaired) electrons. The van der Waals surface area contributed by atoms with Gasteiger partial charge < -0.3 is 18.9 Å². The van der Waals surface area contributed by atoms with Crippen LogP contribution in [0.25, 0.3) is 0 Å². The summed E-state index contributed by atoms with van der Waals surface area (Å²) in [5.41, 5.74) is 4.55. The van der Waals surface area contributed by atoms with E-state index in [1.54, 1.807) is 0 Å². The minimum absolute atomic E-state index is 0.124. The topological polar surface area (TPSA) is 36.9 Å². The molecule has 1 fully saturated rings. The summed E-state index contributed by atoms with van der Waals surface area (Å²) in [5.74, 6) is 0.229. The van der Waals surface area contributed by atoms with Crippen LogP contribution in [0.2, 0.25) is 0 Å². The molecule has 0 aromatic heterocycles. The smallest absolute Gasteiger partial charge is 0.113 e. The van der Waals surface area contributed by atoms with E-state index in [2.05, 4.69) is 55.5 Å². The first-order chi connectivity index (χ1) is 19.3. The second kappa shape index (κ2) is 14.2. The van der Waals surface area contributed by atoms with Gasteiger partial charge in [-0.2, -0.15) is 0 Å². The van der Waals surface area contributed by atoms with Gasteiger partial charge in [0.25, 0.3) is 0 Å². The lowest BCUT2D eigenvalue weighted by Crippen LogP contribution is -2.56. The Kier molecular flexibility index (Phi) is 9.94. The number of hydrogen-bond donors (Lipinski definition) is 0. The highest BCUT2D eigenvalue weighted by molar-refractivity contribution is 5.16. The second-order valence-electron chi connectivity index (χ2n) is 10.3. The van der Waals surface area contributed by atoms with Crippen molar-refractivity contribution in [3.05, 3.63) is 144 Å². The average molecular weight is 523 g/mol. The van der Waals surface area contributed by atoms with E-state index >= 15 is 0 Å². The lowest BCUT2D eigenvalue weighted by molar-refractivity contribution is -0.227. The van der Waals surface area contributed by atoms with Crippen molar-refractivity contribution in [2.75, 3.05) is 0 Å². The van der Waals surface area contributed by atoms with E-state index in [4.69, 9.17) is 18.9 Å². The Hall–Kier alpha value is -3.28. The molecule has 0 amide bonds. The van der Waals surface area contributed by atoms with Crippen molar-refractivity contribution >= 4 is 0 Å². The van der Waals surface area contributed by atoms with Crippen LogP contribution >= 0.6 is 0 Å². The normalized spacial score (nSPS) is 22.9. The lowest BCUT2D eigenvalue weighted by atomic mass is 9.81. The third-order valence-corrected chi connectivity index (χ3v) is 7.34. The molecule has 1 saturated carbocycles. The minimum atomic E-state index is -0.290. The molecule has 202 valence electrons. The molecule has 0 aliphatic heterocycles. The fourth-order valence-electron chi connectivity index (χ4n) is 5.25. The fourth-order valence-corrected chi connectivity index (χ4v) is 5.25. The summed E-state index contributed by atoms with van der Waals surface area (Å²) in [6.07, 6.45) is 0.000942. The highest BCUT2D eigenvalue weighted by atomic mass is 16.6. The van der Waals surface area contributed by atoms with Crippen LogP contribution in [-0.2, 0) is 45.4 Å². The van der Waals surface area contributed by atoms with Gasteiger partial charge in [0, 0.05) is 0 Å². The van der Waals surface area contributed by atoms with Crippen LogP contribution in [0.1, 0.15) is 35.6 Å². The summed E-state index contributed by atoms with van der Waals surface area (Å²) in [5, 5.41) is 0. The molecule has 4 heteroatoms. The molecule has 39 heavy (non-hydrogen) atoms. The molecule has 3 unspecified atom stereocenters. The van der Waals surface area contributed by atoms with Gasteiger partial charge in [0.1, 0.15) is 12.2 Å². The van der Waals surface area contributed by atoms with Gasteiger partial charge in [-0.05, 0) is 34.6 Å². The van der Waals surface area contributed by atoms with Crippen molar-refractivity contribution in [2.45, 2.75) is 64.2 Å². The Labute approximate surface area is 232 Å². The van der Waals surface area contributed by atoms with E-state index in [1.807, 2.05) is 72.8 Å². The molecule has 4 nitrogen and oxygen atoms in total. The maximum Gasteiger partial charge on any atom is 0.113 e. The summed E-state index contributed by atoms with van der Waals surface area (Å²) in [6.45, 7) is 4.27. The predicted molar refractivity (Wildman–Crippen MR) is 154 cm³/mol. The Balaban J connectivity index is 1.38. The zero-order valence-electron chi connectivity index (χ0n) is 22.6. The number of rotatable bonds is 12. The van der Waals surface area contributed by atoms with E-state index in [1.165, 1.54) is 0 Å². The minimum Gasteiger partial charge on any atom is -0.371 e. The third kappa shape index (κ3) is 7.87. The number of benzene rings is 4. The van der Waals surface area contributed by atoms with Crippen molar-refractivity contribution in [3.8, 4) is 0 Å². The van der Waals surface area contributed by atoms with Crippen LogP contribution in [0.15, 0.2) is 121 Å². The van der Waals surface area contributed by atoms with Gasteiger partial charge in [0.15, 0.2) is 0 Å². The zero-order chi connectivity index (χ0) is 26.7. The molecule has 0 bridgehead atoms. The Bertz CT molecular complexity index is 1220. The van der Waals surface area contributed by atoms with E-state index in [0.717, 1.165) is 28.7 Å². The van der Waals surface area contributed by atoms with Crippen LogP contribution in [-0.4, -0.2) is 24.4 Å². The molecule has 4 aromatic carbocycles. The standard InChI is InChI=1S/C35H38O4/c1-27-22-32(36-23-28-14-6-2-7-15-28)34(38-25-30-18-10-4-11-19-30)35(39-26-31-20-12-5-13-21-31)33(27)37-24-29-16-8-3-9-17-29/h2-21,27,32-35H,22-26H2,1H3/t27-,32?,33?,34-,35?/m0/s1. The molecule has 0 saturated heterocycles. The highest BCUT2D eigenvalue weighted by Crippen LogP contribution is 2.35. The van der Waals surface area contributed by atoms with Crippen molar-refractivity contribution in [3.63, 3.8) is 0 Å². The summed E-state index contributed by atoms with van der Waals surface area (Å²) < 4.78 is 26.6. The Morgan fingerprint density at radius 1 is 0.436 bits per heavy atom. The quantitative estimate of drug-likeness (QED) is 0.195. The molecule has 5 rings (SSSR count). The fraction of sp³-hybridized carbons (Fsp3) is 0.314. The maximum atomic E-state index is 6.69. The molecular formula is C35H38O4. The average Bonchev–Trinajstić information content (AvgIpc) is 3.00. The molecular weight excluding hydrogens is 484 g/mol. The van der Waals surface area contributed by atoms with Crippen LogP contribution in [0.3, 0.4) is 0 Å². The Morgan fingerprint density at radius 3 is 1.18 bits per heavy atom. The van der Waals surface area contributed by atoms with Crippen molar-refractivity contribution in [1.82, 2.24) is 0 Å². The lowest BCUT2D eigenvalue weighted by Gasteiger charge is -2.45. The molecule has 5 atom stereocenters. The molecule has 0 heterocycles. The SMILES string of the molecule is C[C@H]1CC(OCc2ccccc2)[C@H](OCc2ccccc2)C(OCc2ccccc2)C1OCc1ccccc1. The van der Waals surface area contributed by atoms with Gasteiger partial charge in [0.05, 0.1) is 38.6 Å². The largest absolute Gasteiger partial charge is 0.371 e. The second-order valence-corrected chi connectivity index (χ2v) is 10.3. The first-order valence-electron chi connectivity index (χ1n) is 13.9. The van der Waals surface area contributed by atoms with E-state index in [-0.39, 0.29) is 30.3 Å². The summed E-state index contributed by atoms with van der Waals surface area (Å²) in [4.78, 5) is 0. The maximum absolute atomic E-state index is 6.69. The van der Waals surface area contributed by atoms with Crippen molar-refractivity contribution < 1.29 is 18.9 Å². The van der Waals surface area contributed by atoms with Crippen molar-refractivity contribution in [2.24, 2.45) is 5.92 Å². The van der Waals surface area contributed by atoms with Gasteiger partial charge in [-0.25, -0.2) is 0 Å². The monoisotopic (exact) mass is 522 g/mol. The molecule has 0 N–H and O–H groups in total. The highest BCUT2D eigenvalue weighted by Gasteiger charge is 2.46. The molecule has 1 aliphatic carbocycles. The van der Waals surface area contributed by atoms with Gasteiger partial charge in [-0.1, -0.05) is 128 Å². The summed E-state index contributed by atoms with van der Waals surface area (Å²) in [6, 6.07) is 41.2. The third-order valence-electron chi connectivity index (χ3n) is 7.34. The van der Waals surface area contributed by atoms with Crippen LogP contribution in [0.5, 0.6) is 0 Å². The van der Waals surface area contributed by atoms with Crippen LogP contribution in [0.4, 0.5) is 0 Å². The van der Waals surface area contributed by atoms with E-state index in [0.29, 0.717) is 26.4 Å². The van der Waals surface area contributed by atoms with Gasteiger partial charge >= 0.3 is 0 Å². The van der Waals surface area contributed by atoms with Gasteiger partial charge in [0.2, 0.25) is 0 Å². The van der Waals surface area contributed by atoms with Crippen molar-refractivity contribution in [1.29, 1.82) is 0 Å². The molecule has 0 spiro atoms. The van der Waals surface area contributed by atoms with Gasteiger partial charge in [-0.15, -0.1) is 0 Å². The van der Waals surface area contributed by atoms with Crippen LogP contribution in [0, 0.1) is 5.92 Å². The first-order valence-corrected chi connectivity index (χ1v) is 13.9. The van der Waals surface area contributed by atoms with E-state index in [9.17, 15) is 0 Å².